The lowest BCUT2D eigenvalue weighted by atomic mass is 10.1. The van der Waals surface area contributed by atoms with E-state index >= 15 is 0 Å². The van der Waals surface area contributed by atoms with Crippen LogP contribution in [0.2, 0.25) is 0 Å². The van der Waals surface area contributed by atoms with E-state index in [4.69, 9.17) is 4.42 Å². The van der Waals surface area contributed by atoms with Gasteiger partial charge in [0.05, 0.1) is 0 Å². The highest BCUT2D eigenvalue weighted by Crippen LogP contribution is 2.29. The lowest BCUT2D eigenvalue weighted by Gasteiger charge is -1.97. The molecule has 1 aromatic heterocycles. The van der Waals surface area contributed by atoms with Crippen LogP contribution in [0.5, 0.6) is 0 Å². The SMILES string of the molecule is CNc1ccc2c(c1)oc1ccccc12. The summed E-state index contributed by atoms with van der Waals surface area (Å²) in [6, 6.07) is 14.3. The summed E-state index contributed by atoms with van der Waals surface area (Å²) in [6.07, 6.45) is 0. The van der Waals surface area contributed by atoms with Crippen LogP contribution in [0.15, 0.2) is 46.9 Å². The molecular weight excluding hydrogens is 186 g/mol. The molecule has 0 unspecified atom stereocenters. The van der Waals surface area contributed by atoms with Gasteiger partial charge in [0.2, 0.25) is 0 Å². The molecule has 1 N–H and O–H groups in total. The summed E-state index contributed by atoms with van der Waals surface area (Å²) in [6.45, 7) is 0. The molecule has 15 heavy (non-hydrogen) atoms. The van der Waals surface area contributed by atoms with Crippen molar-refractivity contribution in [2.24, 2.45) is 0 Å². The molecule has 74 valence electrons. The van der Waals surface area contributed by atoms with Crippen molar-refractivity contribution in [3.05, 3.63) is 42.5 Å². The Labute approximate surface area is 87.5 Å². The molecule has 3 rings (SSSR count). The van der Waals surface area contributed by atoms with Crippen molar-refractivity contribution >= 4 is 27.6 Å². The molecule has 0 aliphatic carbocycles. The third-order valence-corrected chi connectivity index (χ3v) is 2.67. The summed E-state index contributed by atoms with van der Waals surface area (Å²) in [7, 11) is 1.91. The zero-order chi connectivity index (χ0) is 10.3. The van der Waals surface area contributed by atoms with Gasteiger partial charge in [0.15, 0.2) is 0 Å². The van der Waals surface area contributed by atoms with E-state index in [-0.39, 0.29) is 0 Å². The van der Waals surface area contributed by atoms with Crippen molar-refractivity contribution in [3.8, 4) is 0 Å². The van der Waals surface area contributed by atoms with E-state index in [1.807, 2.05) is 31.3 Å². The van der Waals surface area contributed by atoms with Crippen molar-refractivity contribution in [1.82, 2.24) is 0 Å². The Morgan fingerprint density at radius 2 is 1.73 bits per heavy atom. The summed E-state index contributed by atoms with van der Waals surface area (Å²) in [5, 5.41) is 5.45. The molecule has 0 saturated carbocycles. The molecule has 0 radical (unpaired) electrons. The van der Waals surface area contributed by atoms with Gasteiger partial charge in [0, 0.05) is 29.6 Å². The second kappa shape index (κ2) is 3.02. The molecular formula is C13H11NO. The van der Waals surface area contributed by atoms with Crippen LogP contribution in [0.25, 0.3) is 21.9 Å². The Kier molecular flexibility index (Phi) is 1.68. The maximum Gasteiger partial charge on any atom is 0.137 e. The smallest absolute Gasteiger partial charge is 0.137 e. The molecule has 2 nitrogen and oxygen atoms in total. The van der Waals surface area contributed by atoms with E-state index in [2.05, 4.69) is 23.5 Å². The van der Waals surface area contributed by atoms with Gasteiger partial charge >= 0.3 is 0 Å². The Balaban J connectivity index is 2.43. The second-order valence-electron chi connectivity index (χ2n) is 3.56. The molecule has 0 aliphatic rings. The van der Waals surface area contributed by atoms with Crippen LogP contribution in [0.4, 0.5) is 5.69 Å². The molecule has 0 spiro atoms. The highest BCUT2D eigenvalue weighted by molar-refractivity contribution is 6.05. The van der Waals surface area contributed by atoms with E-state index in [0.717, 1.165) is 16.9 Å². The Morgan fingerprint density at radius 1 is 0.933 bits per heavy atom. The number of para-hydroxylation sites is 1. The second-order valence-corrected chi connectivity index (χ2v) is 3.56. The summed E-state index contributed by atoms with van der Waals surface area (Å²) in [5.41, 5.74) is 2.95. The molecule has 0 bridgehead atoms. The minimum atomic E-state index is 0.933. The molecule has 0 atom stereocenters. The first-order valence-corrected chi connectivity index (χ1v) is 4.97. The van der Waals surface area contributed by atoms with Gasteiger partial charge < -0.3 is 9.73 Å². The number of benzene rings is 2. The Morgan fingerprint density at radius 3 is 2.60 bits per heavy atom. The van der Waals surface area contributed by atoms with Gasteiger partial charge in [0.1, 0.15) is 11.2 Å². The highest BCUT2D eigenvalue weighted by atomic mass is 16.3. The minimum absolute atomic E-state index is 0.933. The molecule has 2 aromatic carbocycles. The Bertz CT molecular complexity index is 625. The first kappa shape index (κ1) is 8.36. The molecule has 0 fully saturated rings. The summed E-state index contributed by atoms with van der Waals surface area (Å²) in [5.74, 6) is 0. The molecule has 0 saturated heterocycles. The predicted molar refractivity (Wildman–Crippen MR) is 63.3 cm³/mol. The van der Waals surface area contributed by atoms with Gasteiger partial charge in [0.25, 0.3) is 0 Å². The number of nitrogens with one attached hydrogen (secondary N) is 1. The van der Waals surface area contributed by atoms with Gasteiger partial charge in [-0.1, -0.05) is 18.2 Å². The number of hydrogen-bond acceptors (Lipinski definition) is 2. The third kappa shape index (κ3) is 1.18. The lowest BCUT2D eigenvalue weighted by molar-refractivity contribution is 0.669. The van der Waals surface area contributed by atoms with E-state index in [1.165, 1.54) is 10.8 Å². The fourth-order valence-corrected chi connectivity index (χ4v) is 1.88. The van der Waals surface area contributed by atoms with Gasteiger partial charge in [-0.2, -0.15) is 0 Å². The van der Waals surface area contributed by atoms with Crippen LogP contribution in [-0.4, -0.2) is 7.05 Å². The fourth-order valence-electron chi connectivity index (χ4n) is 1.88. The van der Waals surface area contributed by atoms with Crippen molar-refractivity contribution in [2.75, 3.05) is 12.4 Å². The van der Waals surface area contributed by atoms with Gasteiger partial charge in [-0.3, -0.25) is 0 Å². The topological polar surface area (TPSA) is 25.2 Å². The first-order chi connectivity index (χ1) is 7.38. The van der Waals surface area contributed by atoms with E-state index in [1.54, 1.807) is 0 Å². The largest absolute Gasteiger partial charge is 0.456 e. The van der Waals surface area contributed by atoms with E-state index < -0.39 is 0 Å². The average Bonchev–Trinajstić information content (AvgIpc) is 2.66. The highest BCUT2D eigenvalue weighted by Gasteiger charge is 2.05. The molecule has 1 heterocycles. The van der Waals surface area contributed by atoms with Crippen LogP contribution in [0.3, 0.4) is 0 Å². The van der Waals surface area contributed by atoms with Crippen molar-refractivity contribution < 1.29 is 4.42 Å². The number of fused-ring (bicyclic) bond motifs is 3. The number of hydrogen-bond donors (Lipinski definition) is 1. The zero-order valence-corrected chi connectivity index (χ0v) is 8.45. The van der Waals surface area contributed by atoms with Crippen LogP contribution >= 0.6 is 0 Å². The number of anilines is 1. The third-order valence-electron chi connectivity index (χ3n) is 2.67. The van der Waals surface area contributed by atoms with Crippen LogP contribution < -0.4 is 5.32 Å². The molecule has 3 aromatic rings. The monoisotopic (exact) mass is 197 g/mol. The van der Waals surface area contributed by atoms with Gasteiger partial charge in [-0.15, -0.1) is 0 Å². The number of furan rings is 1. The van der Waals surface area contributed by atoms with Crippen molar-refractivity contribution in [2.45, 2.75) is 0 Å². The van der Waals surface area contributed by atoms with Crippen molar-refractivity contribution in [3.63, 3.8) is 0 Å². The van der Waals surface area contributed by atoms with Crippen LogP contribution in [-0.2, 0) is 0 Å². The molecule has 2 heteroatoms. The maximum atomic E-state index is 5.75. The van der Waals surface area contributed by atoms with E-state index in [9.17, 15) is 0 Å². The van der Waals surface area contributed by atoms with Crippen molar-refractivity contribution in [1.29, 1.82) is 0 Å². The van der Waals surface area contributed by atoms with E-state index in [0.29, 0.717) is 0 Å². The summed E-state index contributed by atoms with van der Waals surface area (Å²) >= 11 is 0. The number of rotatable bonds is 1. The lowest BCUT2D eigenvalue weighted by Crippen LogP contribution is -1.85. The standard InChI is InChI=1S/C13H11NO/c1-14-9-6-7-11-10-4-2-3-5-12(10)15-13(11)8-9/h2-8,14H,1H3. The molecule has 0 amide bonds. The molecule has 0 aliphatic heterocycles. The van der Waals surface area contributed by atoms with Gasteiger partial charge in [-0.25, -0.2) is 0 Å². The average molecular weight is 197 g/mol. The summed E-state index contributed by atoms with van der Waals surface area (Å²) in [4.78, 5) is 0. The zero-order valence-electron chi connectivity index (χ0n) is 8.45. The van der Waals surface area contributed by atoms with Crippen LogP contribution in [0, 0.1) is 0 Å². The van der Waals surface area contributed by atoms with Crippen LogP contribution in [0.1, 0.15) is 0 Å². The normalized spacial score (nSPS) is 11.0. The predicted octanol–water partition coefficient (Wildman–Crippen LogP) is 3.63. The fraction of sp³-hybridized carbons (Fsp3) is 0.0769. The summed E-state index contributed by atoms with van der Waals surface area (Å²) < 4.78 is 5.75. The Hall–Kier alpha value is -1.96. The maximum absolute atomic E-state index is 5.75. The van der Waals surface area contributed by atoms with Gasteiger partial charge in [-0.05, 0) is 18.2 Å². The first-order valence-electron chi connectivity index (χ1n) is 4.97. The quantitative estimate of drug-likeness (QED) is 0.644. The minimum Gasteiger partial charge on any atom is -0.456 e.